The van der Waals surface area contributed by atoms with Crippen molar-refractivity contribution >= 4 is 47.8 Å². The van der Waals surface area contributed by atoms with E-state index in [0.29, 0.717) is 12.8 Å². The zero-order chi connectivity index (χ0) is 30.1. The van der Waals surface area contributed by atoms with Gasteiger partial charge in [0.2, 0.25) is 0 Å². The van der Waals surface area contributed by atoms with E-state index in [1.165, 1.54) is 6.92 Å². The van der Waals surface area contributed by atoms with Gasteiger partial charge in [-0.2, -0.15) is 0 Å². The van der Waals surface area contributed by atoms with Crippen molar-refractivity contribution in [1.82, 2.24) is 0 Å². The third kappa shape index (κ3) is 45.7. The van der Waals surface area contributed by atoms with Gasteiger partial charge in [-0.1, -0.05) is 13.5 Å². The number of hydrogen-bond acceptors (Lipinski definition) is 8. The van der Waals surface area contributed by atoms with Crippen LogP contribution >= 0.6 is 0 Å². The lowest BCUT2D eigenvalue weighted by molar-refractivity contribution is -0.147. The first-order valence-corrected chi connectivity index (χ1v) is 10.3. The summed E-state index contributed by atoms with van der Waals surface area (Å²) >= 11 is 0. The van der Waals surface area contributed by atoms with Gasteiger partial charge in [-0.25, -0.2) is 4.79 Å². The normalized spacial score (nSPS) is 9.76. The number of carboxylic acids is 8. The Hall–Kier alpha value is -4.50. The fraction of sp³-hybridized carbons (Fsp3) is 0.524. The van der Waals surface area contributed by atoms with E-state index in [9.17, 15) is 38.4 Å². The Labute approximate surface area is 210 Å². The molecule has 0 rings (SSSR count). The molecule has 0 aliphatic carbocycles. The van der Waals surface area contributed by atoms with Crippen molar-refractivity contribution in [3.8, 4) is 0 Å². The van der Waals surface area contributed by atoms with Crippen LogP contribution in [-0.2, 0) is 38.4 Å². The van der Waals surface area contributed by atoms with E-state index < -0.39 is 60.1 Å². The molecule has 1 unspecified atom stereocenters. The summed E-state index contributed by atoms with van der Waals surface area (Å²) in [5.74, 6) is -9.02. The minimum Gasteiger partial charge on any atom is -0.481 e. The van der Waals surface area contributed by atoms with Crippen molar-refractivity contribution < 1.29 is 79.2 Å². The fourth-order valence-electron chi connectivity index (χ4n) is 1.55. The molecule has 0 saturated heterocycles. The van der Waals surface area contributed by atoms with Gasteiger partial charge in [-0.05, 0) is 19.3 Å². The van der Waals surface area contributed by atoms with Gasteiger partial charge in [0.25, 0.3) is 0 Å². The maximum atomic E-state index is 9.97. The minimum atomic E-state index is -1.27. The summed E-state index contributed by atoms with van der Waals surface area (Å²) in [6.45, 7) is 4.37. The molecular weight excluding hydrogens is 508 g/mol. The van der Waals surface area contributed by atoms with Crippen molar-refractivity contribution in [1.29, 1.82) is 0 Å². The SMILES string of the molecule is C=C(CC(=O)O)C(=O)O.CC(CC(=O)O)C(=O)O.O=C(O)CCCC(=O)O.O=C(O)CCCCC(=O)O. The van der Waals surface area contributed by atoms with Crippen LogP contribution in [0.25, 0.3) is 0 Å². The van der Waals surface area contributed by atoms with Crippen molar-refractivity contribution in [3.63, 3.8) is 0 Å². The van der Waals surface area contributed by atoms with Gasteiger partial charge in [0.05, 0.1) is 18.8 Å². The first-order chi connectivity index (χ1) is 16.8. The highest BCUT2D eigenvalue weighted by molar-refractivity contribution is 5.91. The number of aliphatic carboxylic acids is 8. The zero-order valence-electron chi connectivity index (χ0n) is 20.0. The Bertz CT molecular complexity index is 768. The smallest absolute Gasteiger partial charge is 0.331 e. The van der Waals surface area contributed by atoms with Crippen molar-refractivity contribution in [2.75, 3.05) is 0 Å². The van der Waals surface area contributed by atoms with E-state index in [0.717, 1.165) is 0 Å². The Morgan fingerprint density at radius 1 is 0.541 bits per heavy atom. The van der Waals surface area contributed by atoms with Crippen LogP contribution in [0.4, 0.5) is 0 Å². The van der Waals surface area contributed by atoms with Crippen molar-refractivity contribution in [2.45, 2.75) is 64.7 Å². The predicted octanol–water partition coefficient (Wildman–Crippen LogP) is 1.33. The lowest BCUT2D eigenvalue weighted by Gasteiger charge is -1.98. The predicted molar refractivity (Wildman–Crippen MR) is 121 cm³/mol. The molecule has 8 N–H and O–H groups in total. The van der Waals surface area contributed by atoms with Crippen LogP contribution in [-0.4, -0.2) is 88.6 Å². The van der Waals surface area contributed by atoms with Crippen molar-refractivity contribution in [2.24, 2.45) is 5.92 Å². The molecule has 0 aromatic heterocycles. The standard InChI is InChI=1S/C6H10O4.C5H8O4.C5H6O4.C5H8O4/c7-5(8)3-1-2-4-6(9)10;2*1-3(5(8)9)2-4(6)7;6-4(7)2-1-3-5(8)9/h1-4H2,(H,7,8)(H,9,10);3H,2H2,1H3,(H,6,7)(H,8,9);1-2H2,(H,6,7)(H,8,9);1-3H2,(H,6,7)(H,8,9). The van der Waals surface area contributed by atoms with E-state index in [1.807, 2.05) is 0 Å². The highest BCUT2D eigenvalue weighted by Crippen LogP contribution is 2.00. The second-order valence-corrected chi connectivity index (χ2v) is 6.95. The van der Waals surface area contributed by atoms with Gasteiger partial charge >= 0.3 is 47.8 Å². The van der Waals surface area contributed by atoms with Crippen LogP contribution in [0.2, 0.25) is 0 Å². The number of unbranched alkanes of at least 4 members (excludes halogenated alkanes) is 1. The summed E-state index contributed by atoms with van der Waals surface area (Å²) in [5.41, 5.74) is -0.303. The van der Waals surface area contributed by atoms with Gasteiger partial charge in [-0.15, -0.1) is 0 Å². The summed E-state index contributed by atoms with van der Waals surface area (Å²) in [7, 11) is 0. The highest BCUT2D eigenvalue weighted by atomic mass is 16.4. The van der Waals surface area contributed by atoms with E-state index >= 15 is 0 Å². The summed E-state index contributed by atoms with van der Waals surface area (Å²) < 4.78 is 0. The molecule has 1 atom stereocenters. The molecule has 0 radical (unpaired) electrons. The Morgan fingerprint density at radius 3 is 1.03 bits per heavy atom. The van der Waals surface area contributed by atoms with Crippen LogP contribution in [0, 0.1) is 5.92 Å². The maximum Gasteiger partial charge on any atom is 0.331 e. The van der Waals surface area contributed by atoms with Crippen LogP contribution in [0.3, 0.4) is 0 Å². The van der Waals surface area contributed by atoms with Crippen LogP contribution in [0.1, 0.15) is 64.7 Å². The molecular formula is C21H32O16. The summed E-state index contributed by atoms with van der Waals surface area (Å²) in [6.07, 6.45) is 0.289. The molecule has 0 fully saturated rings. The van der Waals surface area contributed by atoms with Gasteiger partial charge in [-0.3, -0.25) is 33.6 Å². The molecule has 0 aliphatic heterocycles. The average Bonchev–Trinajstić information content (AvgIpc) is 2.70. The highest BCUT2D eigenvalue weighted by Gasteiger charge is 2.14. The monoisotopic (exact) mass is 540 g/mol. The fourth-order valence-corrected chi connectivity index (χ4v) is 1.55. The molecule has 0 aliphatic rings. The van der Waals surface area contributed by atoms with Gasteiger partial charge in [0, 0.05) is 31.3 Å². The molecule has 37 heavy (non-hydrogen) atoms. The zero-order valence-corrected chi connectivity index (χ0v) is 20.0. The molecule has 0 aromatic carbocycles. The number of hydrogen-bond donors (Lipinski definition) is 8. The lowest BCUT2D eigenvalue weighted by Crippen LogP contribution is -2.13. The Morgan fingerprint density at radius 2 is 0.865 bits per heavy atom. The molecule has 16 nitrogen and oxygen atoms in total. The summed E-state index contributed by atoms with van der Waals surface area (Å²) in [6, 6.07) is 0. The van der Waals surface area contributed by atoms with Gasteiger partial charge < -0.3 is 40.9 Å². The van der Waals surface area contributed by atoms with Crippen LogP contribution < -0.4 is 0 Å². The molecule has 16 heteroatoms. The van der Waals surface area contributed by atoms with E-state index in [4.69, 9.17) is 40.9 Å². The van der Waals surface area contributed by atoms with E-state index in [-0.39, 0.29) is 44.1 Å². The second kappa shape index (κ2) is 24.6. The second-order valence-electron chi connectivity index (χ2n) is 6.95. The topological polar surface area (TPSA) is 298 Å². The summed E-state index contributed by atoms with van der Waals surface area (Å²) in [4.78, 5) is 78.9. The maximum absolute atomic E-state index is 9.97. The number of rotatable bonds is 15. The third-order valence-corrected chi connectivity index (χ3v) is 3.38. The largest absolute Gasteiger partial charge is 0.481 e. The Balaban J connectivity index is -0.000000196. The molecule has 0 amide bonds. The first kappa shape index (κ1) is 39.7. The summed E-state index contributed by atoms with van der Waals surface area (Å²) in [5, 5.41) is 64.6. The minimum absolute atomic E-state index is 0.0628. The number of carbonyl (C=O) groups is 8. The quantitative estimate of drug-likeness (QED) is 0.107. The molecule has 212 valence electrons. The molecule has 0 aromatic rings. The Kier molecular flexibility index (Phi) is 26.4. The van der Waals surface area contributed by atoms with Gasteiger partial charge in [0.15, 0.2) is 0 Å². The third-order valence-electron chi connectivity index (χ3n) is 3.38. The molecule has 0 heterocycles. The van der Waals surface area contributed by atoms with E-state index in [1.54, 1.807) is 0 Å². The molecule has 0 bridgehead atoms. The van der Waals surface area contributed by atoms with Crippen LogP contribution in [0.5, 0.6) is 0 Å². The van der Waals surface area contributed by atoms with Gasteiger partial charge in [0.1, 0.15) is 0 Å². The molecule has 0 spiro atoms. The first-order valence-electron chi connectivity index (χ1n) is 10.3. The van der Waals surface area contributed by atoms with Crippen molar-refractivity contribution in [3.05, 3.63) is 12.2 Å². The number of carboxylic acid groups (broad SMARTS) is 8. The molecule has 0 saturated carbocycles. The van der Waals surface area contributed by atoms with Crippen LogP contribution in [0.15, 0.2) is 12.2 Å². The average molecular weight is 540 g/mol. The van der Waals surface area contributed by atoms with E-state index in [2.05, 4.69) is 6.58 Å². The lowest BCUT2D eigenvalue weighted by atomic mass is 10.1.